The van der Waals surface area contributed by atoms with E-state index >= 15 is 0 Å². The lowest BCUT2D eigenvalue weighted by Gasteiger charge is -2.25. The average Bonchev–Trinajstić information content (AvgIpc) is 3.34. The molecule has 0 aliphatic heterocycles. The first-order valence-corrected chi connectivity index (χ1v) is 11.4. The van der Waals surface area contributed by atoms with Crippen molar-refractivity contribution in [3.63, 3.8) is 0 Å². The number of carbonyl (C=O) groups excluding carboxylic acids is 1. The maximum Gasteiger partial charge on any atom is 0.264 e. The van der Waals surface area contributed by atoms with E-state index < -0.39 is 15.9 Å². The zero-order valence-corrected chi connectivity index (χ0v) is 18.8. The standard InChI is InChI=1S/C22H26N4O5S/c1-30-18-8-10-19(11-9-18)32(28,29)26(20-6-3-4-7-21(20)31-2)16-22(27)24-12-5-14-25-15-13-23-17-25/h3-4,6-11,13,15,17H,5,12,14,16H2,1-2H3,(H,24,27). The highest BCUT2D eigenvalue weighted by molar-refractivity contribution is 7.92. The number of methoxy groups -OCH3 is 2. The maximum atomic E-state index is 13.5. The normalized spacial score (nSPS) is 11.1. The smallest absolute Gasteiger partial charge is 0.264 e. The number of nitrogens with one attached hydrogen (secondary N) is 1. The van der Waals surface area contributed by atoms with Gasteiger partial charge in [0.15, 0.2) is 0 Å². The molecule has 0 aliphatic rings. The van der Waals surface area contributed by atoms with Crippen LogP contribution in [0.3, 0.4) is 0 Å². The summed E-state index contributed by atoms with van der Waals surface area (Å²) in [5.74, 6) is 0.458. The minimum atomic E-state index is -4.05. The number of imidazole rings is 1. The van der Waals surface area contributed by atoms with Gasteiger partial charge in [-0.1, -0.05) is 12.1 Å². The van der Waals surface area contributed by atoms with E-state index in [9.17, 15) is 13.2 Å². The first-order valence-electron chi connectivity index (χ1n) is 9.98. The summed E-state index contributed by atoms with van der Waals surface area (Å²) in [6.45, 7) is 0.708. The minimum absolute atomic E-state index is 0.0390. The van der Waals surface area contributed by atoms with Crippen LogP contribution in [-0.4, -0.2) is 51.2 Å². The number of aromatic nitrogens is 2. The van der Waals surface area contributed by atoms with Crippen LogP contribution in [0.4, 0.5) is 5.69 Å². The predicted molar refractivity (Wildman–Crippen MR) is 120 cm³/mol. The van der Waals surface area contributed by atoms with E-state index in [4.69, 9.17) is 9.47 Å². The molecule has 10 heteroatoms. The van der Waals surface area contributed by atoms with Crippen LogP contribution in [0.2, 0.25) is 0 Å². The fourth-order valence-electron chi connectivity index (χ4n) is 3.11. The molecule has 0 aliphatic carbocycles. The molecule has 1 aromatic heterocycles. The van der Waals surface area contributed by atoms with Gasteiger partial charge in [-0.2, -0.15) is 0 Å². The molecular weight excluding hydrogens is 432 g/mol. The van der Waals surface area contributed by atoms with E-state index in [1.807, 2.05) is 10.8 Å². The Morgan fingerprint density at radius 1 is 1.09 bits per heavy atom. The summed E-state index contributed by atoms with van der Waals surface area (Å²) >= 11 is 0. The number of amides is 1. The predicted octanol–water partition coefficient (Wildman–Crippen LogP) is 2.30. The van der Waals surface area contributed by atoms with Crippen molar-refractivity contribution in [2.45, 2.75) is 17.9 Å². The third-order valence-corrected chi connectivity index (χ3v) is 6.54. The molecule has 2 aromatic carbocycles. The quantitative estimate of drug-likeness (QED) is 0.443. The highest BCUT2D eigenvalue weighted by Crippen LogP contribution is 2.32. The second kappa shape index (κ2) is 10.7. The van der Waals surface area contributed by atoms with Gasteiger partial charge in [0.1, 0.15) is 18.0 Å². The van der Waals surface area contributed by atoms with E-state index in [-0.39, 0.29) is 17.1 Å². The molecule has 32 heavy (non-hydrogen) atoms. The monoisotopic (exact) mass is 458 g/mol. The Bertz CT molecular complexity index is 1120. The molecule has 0 radical (unpaired) electrons. The molecule has 0 atom stereocenters. The number of rotatable bonds is 11. The molecular formula is C22H26N4O5S. The Morgan fingerprint density at radius 3 is 2.50 bits per heavy atom. The van der Waals surface area contributed by atoms with Gasteiger partial charge in [0.2, 0.25) is 5.91 Å². The van der Waals surface area contributed by atoms with Gasteiger partial charge in [0, 0.05) is 25.5 Å². The lowest BCUT2D eigenvalue weighted by atomic mass is 10.3. The summed E-state index contributed by atoms with van der Waals surface area (Å²) in [4.78, 5) is 16.7. The molecule has 0 spiro atoms. The van der Waals surface area contributed by atoms with Gasteiger partial charge in [-0.05, 0) is 42.8 Å². The Balaban J connectivity index is 1.79. The molecule has 1 heterocycles. The third-order valence-electron chi connectivity index (χ3n) is 4.76. The Kier molecular flexibility index (Phi) is 7.72. The molecule has 0 saturated carbocycles. The molecule has 1 N–H and O–H groups in total. The van der Waals surface area contributed by atoms with Crippen molar-refractivity contribution in [1.82, 2.24) is 14.9 Å². The summed E-state index contributed by atoms with van der Waals surface area (Å²) < 4.78 is 40.3. The first kappa shape index (κ1) is 23.1. The summed E-state index contributed by atoms with van der Waals surface area (Å²) in [7, 11) is -1.09. The lowest BCUT2D eigenvalue weighted by molar-refractivity contribution is -0.119. The summed E-state index contributed by atoms with van der Waals surface area (Å²) in [5, 5.41) is 2.79. The van der Waals surface area contributed by atoms with E-state index in [1.54, 1.807) is 48.9 Å². The van der Waals surface area contributed by atoms with Crippen molar-refractivity contribution < 1.29 is 22.7 Å². The maximum absolute atomic E-state index is 13.5. The topological polar surface area (TPSA) is 103 Å². The number of aryl methyl sites for hydroxylation is 1. The van der Waals surface area contributed by atoms with Crippen LogP contribution in [-0.2, 0) is 21.4 Å². The van der Waals surface area contributed by atoms with Crippen molar-refractivity contribution in [2.75, 3.05) is 31.6 Å². The van der Waals surface area contributed by atoms with E-state index in [2.05, 4.69) is 10.3 Å². The van der Waals surface area contributed by atoms with Crippen LogP contribution in [0.1, 0.15) is 6.42 Å². The van der Waals surface area contributed by atoms with E-state index in [1.165, 1.54) is 26.4 Å². The van der Waals surface area contributed by atoms with Gasteiger partial charge in [0.25, 0.3) is 10.0 Å². The lowest BCUT2D eigenvalue weighted by Crippen LogP contribution is -2.41. The van der Waals surface area contributed by atoms with Crippen molar-refractivity contribution in [3.8, 4) is 11.5 Å². The average molecular weight is 459 g/mol. The van der Waals surface area contributed by atoms with Crippen LogP contribution in [0, 0.1) is 0 Å². The Labute approximate surface area is 187 Å². The fourth-order valence-corrected chi connectivity index (χ4v) is 4.54. The van der Waals surface area contributed by atoms with Crippen LogP contribution < -0.4 is 19.1 Å². The van der Waals surface area contributed by atoms with Crippen molar-refractivity contribution in [2.24, 2.45) is 0 Å². The number of hydrogen-bond acceptors (Lipinski definition) is 6. The summed E-state index contributed by atoms with van der Waals surface area (Å²) in [6.07, 6.45) is 5.91. The first-order chi connectivity index (χ1) is 15.5. The third kappa shape index (κ3) is 5.58. The number of anilines is 1. The number of para-hydroxylation sites is 2. The second-order valence-corrected chi connectivity index (χ2v) is 8.73. The van der Waals surface area contributed by atoms with E-state index in [0.29, 0.717) is 31.0 Å². The van der Waals surface area contributed by atoms with Gasteiger partial charge in [0.05, 0.1) is 31.1 Å². The van der Waals surface area contributed by atoms with Gasteiger partial charge >= 0.3 is 0 Å². The number of nitrogens with zero attached hydrogens (tertiary/aromatic N) is 3. The molecule has 0 fully saturated rings. The van der Waals surface area contributed by atoms with Gasteiger partial charge < -0.3 is 19.4 Å². The zero-order valence-electron chi connectivity index (χ0n) is 18.0. The van der Waals surface area contributed by atoms with Crippen molar-refractivity contribution in [3.05, 3.63) is 67.3 Å². The Hall–Kier alpha value is -3.53. The minimum Gasteiger partial charge on any atom is -0.497 e. The fraction of sp³-hybridized carbons (Fsp3) is 0.273. The molecule has 3 aromatic rings. The number of benzene rings is 2. The molecule has 1 amide bonds. The highest BCUT2D eigenvalue weighted by Gasteiger charge is 2.29. The van der Waals surface area contributed by atoms with Crippen LogP contribution in [0.15, 0.2) is 72.1 Å². The Morgan fingerprint density at radius 2 is 1.84 bits per heavy atom. The highest BCUT2D eigenvalue weighted by atomic mass is 32.2. The molecule has 0 bridgehead atoms. The van der Waals surface area contributed by atoms with Gasteiger partial charge in [-0.25, -0.2) is 13.4 Å². The summed E-state index contributed by atoms with van der Waals surface area (Å²) in [5.41, 5.74) is 0.277. The summed E-state index contributed by atoms with van der Waals surface area (Å²) in [6, 6.07) is 12.7. The van der Waals surface area contributed by atoms with Crippen molar-refractivity contribution >= 4 is 21.6 Å². The van der Waals surface area contributed by atoms with Crippen LogP contribution >= 0.6 is 0 Å². The largest absolute Gasteiger partial charge is 0.497 e. The number of sulfonamides is 1. The van der Waals surface area contributed by atoms with Crippen LogP contribution in [0.5, 0.6) is 11.5 Å². The number of ether oxygens (including phenoxy) is 2. The molecule has 0 unspecified atom stereocenters. The molecule has 3 rings (SSSR count). The van der Waals surface area contributed by atoms with Gasteiger partial charge in [-0.15, -0.1) is 0 Å². The number of hydrogen-bond donors (Lipinski definition) is 1. The second-order valence-electron chi connectivity index (χ2n) is 6.86. The van der Waals surface area contributed by atoms with E-state index in [0.717, 1.165) is 4.31 Å². The molecule has 0 saturated heterocycles. The van der Waals surface area contributed by atoms with Crippen LogP contribution in [0.25, 0.3) is 0 Å². The van der Waals surface area contributed by atoms with Crippen molar-refractivity contribution in [1.29, 1.82) is 0 Å². The van der Waals surface area contributed by atoms with Gasteiger partial charge in [-0.3, -0.25) is 9.10 Å². The number of carbonyl (C=O) groups is 1. The molecule has 170 valence electrons. The zero-order chi connectivity index (χ0) is 23.0. The molecule has 9 nitrogen and oxygen atoms in total. The SMILES string of the molecule is COc1ccc(S(=O)(=O)N(CC(=O)NCCCn2ccnc2)c2ccccc2OC)cc1.